The van der Waals surface area contributed by atoms with E-state index in [1.807, 2.05) is 51.1 Å². The van der Waals surface area contributed by atoms with Crippen molar-refractivity contribution in [2.75, 3.05) is 13.1 Å². The molecule has 25 heavy (non-hydrogen) atoms. The van der Waals surface area contributed by atoms with Crippen molar-refractivity contribution < 1.29 is 19.1 Å². The second-order valence-electron chi connectivity index (χ2n) is 7.30. The maximum absolute atomic E-state index is 12.3. The first kappa shape index (κ1) is 19.0. The second kappa shape index (κ2) is 8.14. The number of carbonyl (C=O) groups excluding carboxylic acids is 3. The van der Waals surface area contributed by atoms with Crippen LogP contribution in [0.5, 0.6) is 0 Å². The van der Waals surface area contributed by atoms with Gasteiger partial charge in [0, 0.05) is 25.6 Å². The molecule has 6 nitrogen and oxygen atoms in total. The van der Waals surface area contributed by atoms with Crippen LogP contribution in [0.1, 0.15) is 39.2 Å². The van der Waals surface area contributed by atoms with Crippen LogP contribution in [-0.2, 0) is 20.7 Å². The topological polar surface area (TPSA) is 75.7 Å². The fourth-order valence-corrected chi connectivity index (χ4v) is 2.73. The van der Waals surface area contributed by atoms with Gasteiger partial charge in [-0.15, -0.1) is 0 Å². The van der Waals surface area contributed by atoms with E-state index in [1.165, 1.54) is 0 Å². The highest BCUT2D eigenvalue weighted by atomic mass is 16.6. The summed E-state index contributed by atoms with van der Waals surface area (Å²) in [5, 5.41) is 2.82. The Morgan fingerprint density at radius 2 is 1.72 bits per heavy atom. The average Bonchev–Trinajstić information content (AvgIpc) is 2.54. The molecule has 1 heterocycles. The number of nitrogens with one attached hydrogen (secondary N) is 1. The molecule has 1 aromatic rings. The van der Waals surface area contributed by atoms with Crippen LogP contribution in [0.2, 0.25) is 0 Å². The summed E-state index contributed by atoms with van der Waals surface area (Å²) in [7, 11) is 0. The van der Waals surface area contributed by atoms with Crippen molar-refractivity contribution >= 4 is 17.8 Å². The molecule has 0 atom stereocenters. The summed E-state index contributed by atoms with van der Waals surface area (Å²) in [6.07, 6.45) is 0.903. The van der Waals surface area contributed by atoms with Crippen LogP contribution >= 0.6 is 0 Å². The van der Waals surface area contributed by atoms with Gasteiger partial charge in [-0.3, -0.25) is 9.59 Å². The number of ether oxygens (including phenoxy) is 1. The number of amides is 2. The van der Waals surface area contributed by atoms with E-state index >= 15 is 0 Å². The molecule has 0 bridgehead atoms. The second-order valence-corrected chi connectivity index (χ2v) is 7.30. The Kier molecular flexibility index (Phi) is 6.17. The normalized spacial score (nSPS) is 15.6. The lowest BCUT2D eigenvalue weighted by atomic mass is 10.0. The van der Waals surface area contributed by atoms with Gasteiger partial charge in [0.25, 0.3) is 5.91 Å². The molecule has 2 rings (SSSR count). The number of alkyl carbamates (subject to hydrolysis) is 1. The Morgan fingerprint density at radius 3 is 2.28 bits per heavy atom. The first-order chi connectivity index (χ1) is 11.7. The molecule has 6 heteroatoms. The number of hydrogen-bond acceptors (Lipinski definition) is 4. The lowest BCUT2D eigenvalue weighted by molar-refractivity contribution is -0.145. The van der Waals surface area contributed by atoms with Gasteiger partial charge in [0.15, 0.2) is 0 Å². The van der Waals surface area contributed by atoms with E-state index in [9.17, 15) is 14.4 Å². The molecule has 0 radical (unpaired) electrons. The number of piperidine rings is 1. The third-order valence-corrected chi connectivity index (χ3v) is 3.95. The summed E-state index contributed by atoms with van der Waals surface area (Å²) in [4.78, 5) is 37.8. The molecular formula is C19H26N2O4. The first-order valence-corrected chi connectivity index (χ1v) is 8.60. The van der Waals surface area contributed by atoms with Crippen LogP contribution in [-0.4, -0.2) is 47.4 Å². The van der Waals surface area contributed by atoms with E-state index in [0.29, 0.717) is 25.9 Å². The van der Waals surface area contributed by atoms with Crippen LogP contribution in [0, 0.1) is 0 Å². The smallest absolute Gasteiger partial charge is 0.407 e. The van der Waals surface area contributed by atoms with E-state index in [2.05, 4.69) is 5.32 Å². The van der Waals surface area contributed by atoms with Gasteiger partial charge in [-0.05, 0) is 39.2 Å². The van der Waals surface area contributed by atoms with E-state index in [1.54, 1.807) is 4.90 Å². The Labute approximate surface area is 148 Å². The number of likely N-dealkylation sites (tertiary alicyclic amines) is 1. The predicted octanol–water partition coefficient (Wildman–Crippen LogP) is 2.31. The lowest BCUT2D eigenvalue weighted by Gasteiger charge is -2.32. The lowest BCUT2D eigenvalue weighted by Crippen LogP contribution is -2.49. The maximum Gasteiger partial charge on any atom is 0.407 e. The summed E-state index contributed by atoms with van der Waals surface area (Å²) in [6, 6.07) is 9.20. The molecule has 2 amide bonds. The van der Waals surface area contributed by atoms with Gasteiger partial charge in [0.2, 0.25) is 5.78 Å². The number of nitrogens with zero attached hydrogens (tertiary/aromatic N) is 1. The summed E-state index contributed by atoms with van der Waals surface area (Å²) < 4.78 is 5.23. The zero-order chi connectivity index (χ0) is 18.4. The molecule has 0 saturated carbocycles. The van der Waals surface area contributed by atoms with Gasteiger partial charge in [0.1, 0.15) is 5.60 Å². The van der Waals surface area contributed by atoms with Gasteiger partial charge in [0.05, 0.1) is 0 Å². The molecule has 0 aliphatic carbocycles. The number of benzene rings is 1. The number of rotatable bonds is 4. The molecule has 1 N–H and O–H groups in total. The molecule has 0 unspecified atom stereocenters. The Bertz CT molecular complexity index is 614. The third-order valence-electron chi connectivity index (χ3n) is 3.95. The van der Waals surface area contributed by atoms with E-state index in [-0.39, 0.29) is 12.5 Å². The predicted molar refractivity (Wildman–Crippen MR) is 94.1 cm³/mol. The minimum absolute atomic E-state index is 0.0388. The molecule has 1 aromatic carbocycles. The molecule has 1 fully saturated rings. The molecule has 1 saturated heterocycles. The fraction of sp³-hybridized carbons (Fsp3) is 0.526. The Balaban J connectivity index is 1.78. The van der Waals surface area contributed by atoms with Crippen molar-refractivity contribution in [3.8, 4) is 0 Å². The van der Waals surface area contributed by atoms with Crippen LogP contribution in [0.15, 0.2) is 30.3 Å². The van der Waals surface area contributed by atoms with Gasteiger partial charge in [-0.2, -0.15) is 0 Å². The molecule has 0 aromatic heterocycles. The van der Waals surface area contributed by atoms with E-state index in [0.717, 1.165) is 5.56 Å². The number of carbonyl (C=O) groups is 3. The van der Waals surface area contributed by atoms with Crippen molar-refractivity contribution in [1.29, 1.82) is 0 Å². The highest BCUT2D eigenvalue weighted by Gasteiger charge is 2.28. The quantitative estimate of drug-likeness (QED) is 0.849. The summed E-state index contributed by atoms with van der Waals surface area (Å²) >= 11 is 0. The highest BCUT2D eigenvalue weighted by Crippen LogP contribution is 2.13. The molecule has 1 aliphatic rings. The van der Waals surface area contributed by atoms with Crippen LogP contribution in [0.4, 0.5) is 4.79 Å². The van der Waals surface area contributed by atoms with Crippen molar-refractivity contribution in [2.45, 2.75) is 51.7 Å². The van der Waals surface area contributed by atoms with Crippen molar-refractivity contribution in [2.24, 2.45) is 0 Å². The van der Waals surface area contributed by atoms with Gasteiger partial charge >= 0.3 is 6.09 Å². The van der Waals surface area contributed by atoms with Crippen molar-refractivity contribution in [3.63, 3.8) is 0 Å². The van der Waals surface area contributed by atoms with Gasteiger partial charge in [-0.1, -0.05) is 30.3 Å². The number of ketones is 1. The molecular weight excluding hydrogens is 320 g/mol. The minimum Gasteiger partial charge on any atom is -0.444 e. The average molecular weight is 346 g/mol. The van der Waals surface area contributed by atoms with Gasteiger partial charge < -0.3 is 15.0 Å². The Hall–Kier alpha value is -2.37. The van der Waals surface area contributed by atoms with Crippen LogP contribution in [0.25, 0.3) is 0 Å². The minimum atomic E-state index is -0.537. The molecule has 136 valence electrons. The largest absolute Gasteiger partial charge is 0.444 e. The molecule has 0 spiro atoms. The van der Waals surface area contributed by atoms with Gasteiger partial charge in [-0.25, -0.2) is 4.79 Å². The number of hydrogen-bond donors (Lipinski definition) is 1. The zero-order valence-corrected chi connectivity index (χ0v) is 15.1. The third kappa shape index (κ3) is 6.21. The maximum atomic E-state index is 12.3. The molecule has 1 aliphatic heterocycles. The summed E-state index contributed by atoms with van der Waals surface area (Å²) in [5.41, 5.74) is 0.298. The Morgan fingerprint density at radius 1 is 1.12 bits per heavy atom. The summed E-state index contributed by atoms with van der Waals surface area (Å²) in [5.74, 6) is -0.843. The standard InChI is InChI=1S/C19H26N2O4/c1-19(2,3)25-18(24)20-15-9-11-21(12-10-15)17(23)16(22)13-14-7-5-4-6-8-14/h4-8,15H,9-13H2,1-3H3,(H,20,24). The van der Waals surface area contributed by atoms with Crippen LogP contribution in [0.3, 0.4) is 0 Å². The monoisotopic (exact) mass is 346 g/mol. The number of Topliss-reactive ketones (excluding diaryl/α,β-unsaturated/α-hetero) is 1. The summed E-state index contributed by atoms with van der Waals surface area (Å²) in [6.45, 7) is 6.35. The zero-order valence-electron chi connectivity index (χ0n) is 15.1. The van der Waals surface area contributed by atoms with Crippen LogP contribution < -0.4 is 5.32 Å². The SMILES string of the molecule is CC(C)(C)OC(=O)NC1CCN(C(=O)C(=O)Cc2ccccc2)CC1. The fourth-order valence-electron chi connectivity index (χ4n) is 2.73. The van der Waals surface area contributed by atoms with Crippen molar-refractivity contribution in [3.05, 3.63) is 35.9 Å². The van der Waals surface area contributed by atoms with Crippen molar-refractivity contribution in [1.82, 2.24) is 10.2 Å². The highest BCUT2D eigenvalue weighted by molar-refractivity contribution is 6.36. The first-order valence-electron chi connectivity index (χ1n) is 8.60. The van der Waals surface area contributed by atoms with E-state index < -0.39 is 23.4 Å². The van der Waals surface area contributed by atoms with E-state index in [4.69, 9.17) is 4.74 Å².